The highest BCUT2D eigenvalue weighted by molar-refractivity contribution is 9.10. The number of anilines is 1. The summed E-state index contributed by atoms with van der Waals surface area (Å²) < 4.78 is 10.7. The van der Waals surface area contributed by atoms with Gasteiger partial charge in [-0.05, 0) is 24.6 Å². The Morgan fingerprint density at radius 3 is 1.92 bits per heavy atom. The van der Waals surface area contributed by atoms with E-state index in [0.29, 0.717) is 23.6 Å². The van der Waals surface area contributed by atoms with Crippen molar-refractivity contribution in [3.63, 3.8) is 0 Å². The molecular weight excluding hydrogens is 522 g/mol. The first-order chi connectivity index (χ1) is 17.1. The van der Waals surface area contributed by atoms with Crippen LogP contribution in [0.25, 0.3) is 0 Å². The number of ketones is 1. The number of esters is 1. The molecule has 1 atom stereocenters. The zero-order valence-electron chi connectivity index (χ0n) is 22.9. The Hall–Kier alpha value is -1.89. The van der Waals surface area contributed by atoms with Gasteiger partial charge < -0.3 is 14.8 Å². The predicted octanol–water partition coefficient (Wildman–Crippen LogP) is 7.87. The first-order valence-corrected chi connectivity index (χ1v) is 14.4. The third kappa shape index (κ3) is 12.4. The fraction of sp³-hybridized carbons (Fsp3) is 0.690. The molecule has 0 radical (unpaired) electrons. The number of unbranched alkanes of at least 4 members (excludes halogenated alkanes) is 11. The van der Waals surface area contributed by atoms with Crippen LogP contribution in [0.1, 0.15) is 115 Å². The lowest BCUT2D eigenvalue weighted by Crippen LogP contribution is -2.37. The Morgan fingerprint density at radius 1 is 0.889 bits per heavy atom. The summed E-state index contributed by atoms with van der Waals surface area (Å²) >= 11 is 3.19. The van der Waals surface area contributed by atoms with Gasteiger partial charge in [-0.3, -0.25) is 9.59 Å². The van der Waals surface area contributed by atoms with Gasteiger partial charge >= 0.3 is 5.97 Å². The number of hydrogen-bond acceptors (Lipinski definition) is 5. The summed E-state index contributed by atoms with van der Waals surface area (Å²) in [5, 5.41) is 2.69. The number of alkyl halides is 1. The van der Waals surface area contributed by atoms with Gasteiger partial charge in [-0.15, -0.1) is 0 Å². The molecular formula is C29H46BrNO5. The standard InChI is InChI=1S/C29H46BrNO5/c1-6-7-8-9-10-11-12-13-14-15-16-17-20-36-28(34)22-18-19-24(35-5)23(21-22)31-27(33)25(30)26(32)29(2,3)4/h18-19,21,25H,6-17,20H2,1-5H3,(H,31,33). The van der Waals surface area contributed by atoms with E-state index in [1.165, 1.54) is 71.0 Å². The van der Waals surface area contributed by atoms with Crippen LogP contribution < -0.4 is 10.1 Å². The zero-order chi connectivity index (χ0) is 27.0. The third-order valence-corrected chi connectivity index (χ3v) is 6.96. The number of amides is 1. The molecule has 1 amide bonds. The van der Waals surface area contributed by atoms with Gasteiger partial charge in [0.1, 0.15) is 5.75 Å². The maximum Gasteiger partial charge on any atom is 0.338 e. The Kier molecular flexibility index (Phi) is 15.7. The Labute approximate surface area is 226 Å². The number of carbonyl (C=O) groups is 3. The van der Waals surface area contributed by atoms with Crippen LogP contribution in [0.2, 0.25) is 0 Å². The smallest absolute Gasteiger partial charge is 0.338 e. The average molecular weight is 569 g/mol. The van der Waals surface area contributed by atoms with Crippen molar-refractivity contribution >= 4 is 39.3 Å². The van der Waals surface area contributed by atoms with E-state index in [1.54, 1.807) is 32.9 Å². The molecule has 1 rings (SSSR count). The fourth-order valence-corrected chi connectivity index (χ4v) is 4.62. The Morgan fingerprint density at radius 2 is 1.42 bits per heavy atom. The highest BCUT2D eigenvalue weighted by atomic mass is 79.9. The summed E-state index contributed by atoms with van der Waals surface area (Å²) in [4.78, 5) is 36.5. The summed E-state index contributed by atoms with van der Waals surface area (Å²) in [6.07, 6.45) is 15.0. The van der Waals surface area contributed by atoms with Gasteiger partial charge in [-0.25, -0.2) is 4.79 Å². The molecule has 0 bridgehead atoms. The van der Waals surface area contributed by atoms with Crippen molar-refractivity contribution in [2.45, 2.75) is 110 Å². The molecule has 0 heterocycles. The highest BCUT2D eigenvalue weighted by Gasteiger charge is 2.33. The van der Waals surface area contributed by atoms with E-state index in [2.05, 4.69) is 28.2 Å². The monoisotopic (exact) mass is 567 g/mol. The molecule has 0 aliphatic rings. The van der Waals surface area contributed by atoms with Gasteiger partial charge in [0.05, 0.1) is 25.0 Å². The lowest BCUT2D eigenvalue weighted by atomic mass is 9.89. The molecule has 7 heteroatoms. The predicted molar refractivity (Wildman–Crippen MR) is 150 cm³/mol. The van der Waals surface area contributed by atoms with Crippen molar-refractivity contribution in [1.82, 2.24) is 0 Å². The number of methoxy groups -OCH3 is 1. The van der Waals surface area contributed by atoms with E-state index >= 15 is 0 Å². The number of hydrogen-bond donors (Lipinski definition) is 1. The highest BCUT2D eigenvalue weighted by Crippen LogP contribution is 2.28. The number of ether oxygens (including phenoxy) is 2. The molecule has 0 saturated carbocycles. The van der Waals surface area contributed by atoms with E-state index in [9.17, 15) is 14.4 Å². The van der Waals surface area contributed by atoms with Crippen molar-refractivity contribution in [2.24, 2.45) is 5.41 Å². The molecule has 0 fully saturated rings. The van der Waals surface area contributed by atoms with Gasteiger partial charge in [0.15, 0.2) is 10.6 Å². The largest absolute Gasteiger partial charge is 0.495 e. The topological polar surface area (TPSA) is 81.7 Å². The number of rotatable bonds is 18. The van der Waals surface area contributed by atoms with Gasteiger partial charge in [0.25, 0.3) is 0 Å². The number of halogens is 1. The normalized spacial score (nSPS) is 12.2. The molecule has 1 N–H and O–H groups in total. The van der Waals surface area contributed by atoms with Gasteiger partial charge in [-0.1, -0.05) is 114 Å². The molecule has 6 nitrogen and oxygen atoms in total. The second-order valence-corrected chi connectivity index (χ2v) is 11.3. The second kappa shape index (κ2) is 17.5. The van der Waals surface area contributed by atoms with Crippen molar-refractivity contribution in [3.05, 3.63) is 23.8 Å². The molecule has 1 aromatic rings. The maximum atomic E-state index is 12.6. The van der Waals surface area contributed by atoms with Gasteiger partial charge in [-0.2, -0.15) is 0 Å². The molecule has 0 saturated heterocycles. The number of carbonyl (C=O) groups excluding carboxylic acids is 3. The van der Waals surface area contributed by atoms with Crippen molar-refractivity contribution in [2.75, 3.05) is 19.0 Å². The first-order valence-electron chi connectivity index (χ1n) is 13.5. The Balaban J connectivity index is 2.40. The molecule has 0 aliphatic heterocycles. The number of Topliss-reactive ketones (excluding diaryl/α,β-unsaturated/α-hetero) is 1. The van der Waals surface area contributed by atoms with E-state index < -0.39 is 22.1 Å². The van der Waals surface area contributed by atoms with Gasteiger partial charge in [0.2, 0.25) is 5.91 Å². The first kappa shape index (κ1) is 32.1. The number of nitrogens with one attached hydrogen (secondary N) is 1. The van der Waals surface area contributed by atoms with Crippen molar-refractivity contribution in [3.8, 4) is 5.75 Å². The SMILES string of the molecule is CCCCCCCCCCCCCCOC(=O)c1ccc(OC)c(NC(=O)C(Br)C(=O)C(C)(C)C)c1. The number of benzene rings is 1. The Bertz CT molecular complexity index is 818. The third-order valence-electron chi connectivity index (χ3n) is 6.12. The average Bonchev–Trinajstić information content (AvgIpc) is 2.85. The summed E-state index contributed by atoms with van der Waals surface area (Å²) in [6, 6.07) is 4.72. The van der Waals surface area contributed by atoms with E-state index in [1.807, 2.05) is 0 Å². The molecule has 1 aromatic carbocycles. The van der Waals surface area contributed by atoms with Crippen LogP contribution in [-0.4, -0.2) is 36.2 Å². The minimum absolute atomic E-state index is 0.239. The molecule has 36 heavy (non-hydrogen) atoms. The van der Waals surface area contributed by atoms with Crippen LogP contribution in [0, 0.1) is 5.41 Å². The van der Waals surface area contributed by atoms with Crippen LogP contribution >= 0.6 is 15.9 Å². The molecule has 0 spiro atoms. The molecule has 0 aliphatic carbocycles. The molecule has 204 valence electrons. The second-order valence-electron chi connectivity index (χ2n) is 10.4. The van der Waals surface area contributed by atoms with E-state index in [0.717, 1.165) is 19.3 Å². The minimum Gasteiger partial charge on any atom is -0.495 e. The summed E-state index contributed by atoms with van der Waals surface area (Å²) in [5.41, 5.74) is -0.0402. The van der Waals surface area contributed by atoms with Crippen molar-refractivity contribution < 1.29 is 23.9 Å². The minimum atomic E-state index is -1.01. The maximum absolute atomic E-state index is 12.6. The molecule has 1 unspecified atom stereocenters. The lowest BCUT2D eigenvalue weighted by molar-refractivity contribution is -0.129. The van der Waals surface area contributed by atoms with E-state index in [4.69, 9.17) is 9.47 Å². The zero-order valence-corrected chi connectivity index (χ0v) is 24.5. The lowest BCUT2D eigenvalue weighted by Gasteiger charge is -2.20. The fourth-order valence-electron chi connectivity index (χ4n) is 3.82. The van der Waals surface area contributed by atoms with Crippen LogP contribution in [-0.2, 0) is 14.3 Å². The van der Waals surface area contributed by atoms with Crippen LogP contribution in [0.3, 0.4) is 0 Å². The van der Waals surface area contributed by atoms with Crippen LogP contribution in [0.4, 0.5) is 5.69 Å². The van der Waals surface area contributed by atoms with Crippen LogP contribution in [0.5, 0.6) is 5.75 Å². The van der Waals surface area contributed by atoms with E-state index in [-0.39, 0.29) is 5.78 Å². The summed E-state index contributed by atoms with van der Waals surface area (Å²) in [5.74, 6) is -0.812. The van der Waals surface area contributed by atoms with Crippen molar-refractivity contribution in [1.29, 1.82) is 0 Å². The molecule has 0 aromatic heterocycles. The quantitative estimate of drug-likeness (QED) is 0.0844. The van der Waals surface area contributed by atoms with Gasteiger partial charge in [0, 0.05) is 5.41 Å². The van der Waals surface area contributed by atoms with Crippen LogP contribution in [0.15, 0.2) is 18.2 Å². The summed E-state index contributed by atoms with van der Waals surface area (Å²) in [6.45, 7) is 7.88. The summed E-state index contributed by atoms with van der Waals surface area (Å²) in [7, 11) is 1.47.